The molecule has 0 aliphatic rings. The Morgan fingerprint density at radius 2 is 1.90 bits per heavy atom. The van der Waals surface area contributed by atoms with E-state index in [0.29, 0.717) is 0 Å². The van der Waals surface area contributed by atoms with E-state index >= 15 is 0 Å². The Bertz CT molecular complexity index is 143. The van der Waals surface area contributed by atoms with Crippen LogP contribution in [0.2, 0.25) is 0 Å². The van der Waals surface area contributed by atoms with Crippen LogP contribution in [0.25, 0.3) is 0 Å². The molecule has 3 amide bonds. The van der Waals surface area contributed by atoms with E-state index in [0.717, 1.165) is 6.41 Å². The third kappa shape index (κ3) is 5.94. The molecule has 0 saturated carbocycles. The van der Waals surface area contributed by atoms with Gasteiger partial charge in [-0.05, 0) is 0 Å². The third-order valence-electron chi connectivity index (χ3n) is 0.420. The van der Waals surface area contributed by atoms with Gasteiger partial charge in [-0.3, -0.25) is 15.4 Å². The second kappa shape index (κ2) is 3.85. The first kappa shape index (κ1) is 9.81. The van der Waals surface area contributed by atoms with E-state index in [9.17, 15) is 9.59 Å². The van der Waals surface area contributed by atoms with Gasteiger partial charge in [0.1, 0.15) is 0 Å². The van der Waals surface area contributed by atoms with Gasteiger partial charge in [-0.2, -0.15) is 0 Å². The van der Waals surface area contributed by atoms with Gasteiger partial charge in [-0.1, -0.05) is 34.8 Å². The van der Waals surface area contributed by atoms with Gasteiger partial charge >= 0.3 is 12.4 Å². The number of rotatable bonds is 1. The Hall–Kier alpha value is -0.190. The molecule has 57 valence electrons. The van der Waals surface area contributed by atoms with E-state index in [1.807, 2.05) is 0 Å². The van der Waals surface area contributed by atoms with E-state index in [4.69, 9.17) is 34.8 Å². The fourth-order valence-corrected chi connectivity index (χ4v) is 0.464. The van der Waals surface area contributed by atoms with E-state index in [-0.39, 0.29) is 0 Å². The van der Waals surface area contributed by atoms with Crippen molar-refractivity contribution in [3.63, 3.8) is 0 Å². The van der Waals surface area contributed by atoms with Crippen molar-refractivity contribution in [1.82, 2.24) is 10.6 Å². The van der Waals surface area contributed by atoms with Crippen LogP contribution < -0.4 is 10.6 Å². The van der Waals surface area contributed by atoms with Crippen molar-refractivity contribution in [2.45, 2.75) is 3.92 Å². The monoisotopic (exact) mass is 203 g/mol. The highest BCUT2D eigenvalue weighted by molar-refractivity contribution is 6.67. The maximum Gasteiger partial charge on any atom is 0.325 e. The topological polar surface area (TPSA) is 58.2 Å². The zero-order valence-electron chi connectivity index (χ0n) is 4.45. The fraction of sp³-hybridized carbons (Fsp3) is 0.333. The van der Waals surface area contributed by atoms with Crippen LogP contribution in [0.15, 0.2) is 0 Å². The van der Waals surface area contributed by atoms with Gasteiger partial charge in [-0.25, -0.2) is 4.79 Å². The molecule has 0 atom stereocenters. The Balaban J connectivity index is 3.68. The van der Waals surface area contributed by atoms with Crippen molar-refractivity contribution < 1.29 is 9.59 Å². The van der Waals surface area contributed by atoms with E-state index in [2.05, 4.69) is 0 Å². The summed E-state index contributed by atoms with van der Waals surface area (Å²) in [7, 11) is 0. The summed E-state index contributed by atoms with van der Waals surface area (Å²) >= 11 is 15.3. The SMILES string of the molecule is O=[C]NC(=O)NC(Cl)(Cl)Cl. The number of carbonyl (C=O) groups is 1. The lowest BCUT2D eigenvalue weighted by Crippen LogP contribution is -2.41. The molecule has 10 heavy (non-hydrogen) atoms. The zero-order valence-corrected chi connectivity index (χ0v) is 6.72. The summed E-state index contributed by atoms with van der Waals surface area (Å²) < 4.78 is -1.90. The molecule has 7 heteroatoms. The maximum absolute atomic E-state index is 10.3. The summed E-state index contributed by atoms with van der Waals surface area (Å²) in [5.41, 5.74) is 0. The predicted molar refractivity (Wildman–Crippen MR) is 37.7 cm³/mol. The summed E-state index contributed by atoms with van der Waals surface area (Å²) in [6.07, 6.45) is 1.10. The molecule has 0 saturated heterocycles. The molecule has 1 radical (unpaired) electrons. The Labute approximate surface area is 71.8 Å². The van der Waals surface area contributed by atoms with Crippen molar-refractivity contribution >= 4 is 47.2 Å². The molecule has 0 heterocycles. The van der Waals surface area contributed by atoms with Crippen LogP contribution in [-0.2, 0) is 4.79 Å². The lowest BCUT2D eigenvalue weighted by molar-refractivity contribution is 0.245. The second-order valence-electron chi connectivity index (χ2n) is 1.18. The molecule has 0 rings (SSSR count). The lowest BCUT2D eigenvalue weighted by atomic mass is 10.9. The first-order chi connectivity index (χ1) is 4.45. The molecule has 4 nitrogen and oxygen atoms in total. The number of nitrogens with one attached hydrogen (secondary N) is 2. The smallest absolute Gasteiger partial charge is 0.293 e. The highest BCUT2D eigenvalue weighted by Gasteiger charge is 2.21. The minimum Gasteiger partial charge on any atom is -0.293 e. The van der Waals surface area contributed by atoms with Crippen molar-refractivity contribution in [1.29, 1.82) is 0 Å². The predicted octanol–water partition coefficient (Wildman–Crippen LogP) is 0.680. The summed E-state index contributed by atoms with van der Waals surface area (Å²) in [5, 5.41) is 3.40. The van der Waals surface area contributed by atoms with Gasteiger partial charge in [0, 0.05) is 0 Å². The number of amides is 3. The Morgan fingerprint density at radius 3 is 2.20 bits per heavy atom. The van der Waals surface area contributed by atoms with E-state index in [1.165, 1.54) is 0 Å². The lowest BCUT2D eigenvalue weighted by Gasteiger charge is -2.10. The minimum atomic E-state index is -1.90. The van der Waals surface area contributed by atoms with Crippen LogP contribution in [0.5, 0.6) is 0 Å². The molecule has 0 bridgehead atoms. The number of hydrogen-bond donors (Lipinski definition) is 2. The van der Waals surface area contributed by atoms with Crippen LogP contribution in [0.4, 0.5) is 4.79 Å². The molecular weight excluding hydrogens is 202 g/mol. The molecule has 0 fully saturated rings. The van der Waals surface area contributed by atoms with Gasteiger partial charge < -0.3 is 0 Å². The molecule has 0 aliphatic heterocycles. The second-order valence-corrected chi connectivity index (χ2v) is 3.46. The van der Waals surface area contributed by atoms with Crippen LogP contribution in [0, 0.1) is 0 Å². The fourth-order valence-electron chi connectivity index (χ4n) is 0.206. The number of hydrogen-bond acceptors (Lipinski definition) is 2. The van der Waals surface area contributed by atoms with Gasteiger partial charge in [0.25, 0.3) is 3.92 Å². The van der Waals surface area contributed by atoms with Crippen LogP contribution >= 0.6 is 34.8 Å². The van der Waals surface area contributed by atoms with Crippen molar-refractivity contribution in [3.05, 3.63) is 0 Å². The first-order valence-corrected chi connectivity index (χ1v) is 3.11. The van der Waals surface area contributed by atoms with Crippen LogP contribution in [0.3, 0.4) is 0 Å². The Kier molecular flexibility index (Phi) is 3.78. The maximum atomic E-state index is 10.3. The quantitative estimate of drug-likeness (QED) is 0.375. The molecule has 0 unspecified atom stereocenters. The number of imide groups is 1. The molecule has 0 aliphatic carbocycles. The Morgan fingerprint density at radius 1 is 1.40 bits per heavy atom. The van der Waals surface area contributed by atoms with Crippen LogP contribution in [0.1, 0.15) is 0 Å². The molecule has 0 aromatic carbocycles. The highest BCUT2D eigenvalue weighted by atomic mass is 35.6. The largest absolute Gasteiger partial charge is 0.325 e. The molecule has 0 aromatic heterocycles. The number of alkyl halides is 3. The van der Waals surface area contributed by atoms with Gasteiger partial charge in [0.2, 0.25) is 0 Å². The normalized spacial score (nSPS) is 10.3. The van der Waals surface area contributed by atoms with E-state index < -0.39 is 9.95 Å². The first-order valence-electron chi connectivity index (χ1n) is 1.98. The summed E-state index contributed by atoms with van der Waals surface area (Å²) in [4.78, 5) is 19.8. The van der Waals surface area contributed by atoms with Gasteiger partial charge in [-0.15, -0.1) is 0 Å². The molecule has 2 N–H and O–H groups in total. The molecular formula is C3H2Cl3N2O2. The van der Waals surface area contributed by atoms with Gasteiger partial charge in [0.05, 0.1) is 0 Å². The van der Waals surface area contributed by atoms with Crippen LogP contribution in [-0.4, -0.2) is 16.4 Å². The average Bonchev–Trinajstić information content (AvgIpc) is 1.59. The molecule has 0 aromatic rings. The van der Waals surface area contributed by atoms with Crippen molar-refractivity contribution in [2.24, 2.45) is 0 Å². The highest BCUT2D eigenvalue weighted by Crippen LogP contribution is 2.21. The minimum absolute atomic E-state index is 0.921. The number of halogens is 3. The summed E-state index contributed by atoms with van der Waals surface area (Å²) in [6, 6.07) is -0.921. The average molecular weight is 204 g/mol. The van der Waals surface area contributed by atoms with E-state index in [1.54, 1.807) is 10.6 Å². The van der Waals surface area contributed by atoms with Crippen molar-refractivity contribution in [3.8, 4) is 0 Å². The summed E-state index contributed by atoms with van der Waals surface area (Å²) in [5.74, 6) is 0. The summed E-state index contributed by atoms with van der Waals surface area (Å²) in [6.45, 7) is 0. The third-order valence-corrected chi connectivity index (χ3v) is 0.703. The standard InChI is InChI=1S/C3H2Cl3N2O2/c4-3(5,6)8-2(10)7-1-9/h(H2,7,8,9,10). The zero-order chi connectivity index (χ0) is 8.20. The number of urea groups is 1. The van der Waals surface area contributed by atoms with Gasteiger partial charge in [0.15, 0.2) is 0 Å². The number of carbonyl (C=O) groups excluding carboxylic acids is 2. The molecule has 0 spiro atoms. The van der Waals surface area contributed by atoms with Crippen molar-refractivity contribution in [2.75, 3.05) is 0 Å².